The first kappa shape index (κ1) is 12.0. The van der Waals surface area contributed by atoms with Crippen molar-refractivity contribution in [3.05, 3.63) is 29.8 Å². The fourth-order valence-electron chi connectivity index (χ4n) is 2.69. The molecule has 0 spiro atoms. The Labute approximate surface area is 102 Å². The largest absolute Gasteiger partial charge is 0.481 e. The van der Waals surface area contributed by atoms with Crippen LogP contribution in [0.25, 0.3) is 0 Å². The van der Waals surface area contributed by atoms with E-state index in [2.05, 4.69) is 0 Å². The summed E-state index contributed by atoms with van der Waals surface area (Å²) >= 11 is 0. The lowest BCUT2D eigenvalue weighted by molar-refractivity contribution is -0.143. The summed E-state index contributed by atoms with van der Waals surface area (Å²) in [6, 6.07) is 7.92. The Morgan fingerprint density at radius 3 is 2.47 bits per heavy atom. The molecule has 0 radical (unpaired) electrons. The first-order chi connectivity index (χ1) is 8.06. The van der Waals surface area contributed by atoms with Crippen LogP contribution in [0.15, 0.2) is 24.3 Å². The number of aliphatic carboxylic acids is 1. The van der Waals surface area contributed by atoms with Crippen molar-refractivity contribution in [2.75, 3.05) is 19.0 Å². The summed E-state index contributed by atoms with van der Waals surface area (Å²) in [7, 11) is 3.95. The number of nitrogens with zero attached hydrogens (tertiary/aromatic N) is 1. The van der Waals surface area contributed by atoms with Crippen LogP contribution in [0.1, 0.15) is 31.2 Å². The van der Waals surface area contributed by atoms with Gasteiger partial charge in [0.2, 0.25) is 0 Å². The lowest BCUT2D eigenvalue weighted by Gasteiger charge is -2.25. The molecule has 17 heavy (non-hydrogen) atoms. The molecule has 1 aliphatic carbocycles. The van der Waals surface area contributed by atoms with Crippen molar-refractivity contribution < 1.29 is 9.90 Å². The standard InChI is InChI=1S/C14H19NO2/c1-15(2)12-7-5-6-11(10-12)14(13(16)17)8-3-4-9-14/h5-7,10H,3-4,8-9H2,1-2H3,(H,16,17). The van der Waals surface area contributed by atoms with Crippen LogP contribution in [-0.4, -0.2) is 25.2 Å². The van der Waals surface area contributed by atoms with E-state index in [9.17, 15) is 9.90 Å². The van der Waals surface area contributed by atoms with E-state index in [1.807, 2.05) is 43.3 Å². The van der Waals surface area contributed by atoms with Crippen LogP contribution in [0.2, 0.25) is 0 Å². The Morgan fingerprint density at radius 1 is 1.29 bits per heavy atom. The second kappa shape index (κ2) is 4.40. The Morgan fingerprint density at radius 2 is 1.94 bits per heavy atom. The SMILES string of the molecule is CN(C)c1cccc(C2(C(=O)O)CCCC2)c1. The second-order valence-electron chi connectivity index (χ2n) is 5.04. The highest BCUT2D eigenvalue weighted by Crippen LogP contribution is 2.42. The fourth-order valence-corrected chi connectivity index (χ4v) is 2.69. The van der Waals surface area contributed by atoms with Gasteiger partial charge in [-0.25, -0.2) is 0 Å². The quantitative estimate of drug-likeness (QED) is 0.872. The van der Waals surface area contributed by atoms with Gasteiger partial charge in [-0.15, -0.1) is 0 Å². The molecule has 0 atom stereocenters. The average molecular weight is 233 g/mol. The molecular formula is C14H19NO2. The first-order valence-corrected chi connectivity index (χ1v) is 6.07. The van der Waals surface area contributed by atoms with Gasteiger partial charge in [0.15, 0.2) is 0 Å². The van der Waals surface area contributed by atoms with Crippen LogP contribution >= 0.6 is 0 Å². The van der Waals surface area contributed by atoms with Crippen LogP contribution in [0.4, 0.5) is 5.69 Å². The zero-order chi connectivity index (χ0) is 12.5. The molecule has 92 valence electrons. The van der Waals surface area contributed by atoms with Gasteiger partial charge in [-0.3, -0.25) is 4.79 Å². The maximum Gasteiger partial charge on any atom is 0.314 e. The van der Waals surface area contributed by atoms with E-state index in [1.165, 1.54) is 0 Å². The number of hydrogen-bond acceptors (Lipinski definition) is 2. The molecule has 0 saturated heterocycles. The Hall–Kier alpha value is -1.51. The van der Waals surface area contributed by atoms with Crippen molar-refractivity contribution in [1.29, 1.82) is 0 Å². The van der Waals surface area contributed by atoms with Crippen LogP contribution in [-0.2, 0) is 10.2 Å². The summed E-state index contributed by atoms with van der Waals surface area (Å²) < 4.78 is 0. The molecule has 0 amide bonds. The number of rotatable bonds is 3. The third-order valence-electron chi connectivity index (χ3n) is 3.78. The lowest BCUT2D eigenvalue weighted by atomic mass is 9.79. The van der Waals surface area contributed by atoms with Crippen LogP contribution < -0.4 is 4.90 Å². The molecule has 2 rings (SSSR count). The first-order valence-electron chi connectivity index (χ1n) is 6.07. The van der Waals surface area contributed by atoms with Gasteiger partial charge in [0.1, 0.15) is 0 Å². The Bertz CT molecular complexity index is 420. The summed E-state index contributed by atoms with van der Waals surface area (Å²) in [6.45, 7) is 0. The molecule has 0 bridgehead atoms. The smallest absolute Gasteiger partial charge is 0.314 e. The summed E-state index contributed by atoms with van der Waals surface area (Å²) in [5.74, 6) is -0.675. The highest BCUT2D eigenvalue weighted by Gasteiger charge is 2.42. The minimum atomic E-state index is -0.675. The molecule has 1 N–H and O–H groups in total. The maximum absolute atomic E-state index is 11.6. The highest BCUT2D eigenvalue weighted by atomic mass is 16.4. The minimum Gasteiger partial charge on any atom is -0.481 e. The van der Waals surface area contributed by atoms with Gasteiger partial charge in [-0.2, -0.15) is 0 Å². The molecule has 3 nitrogen and oxygen atoms in total. The molecule has 0 unspecified atom stereocenters. The zero-order valence-electron chi connectivity index (χ0n) is 10.4. The predicted octanol–water partition coefficient (Wildman–Crippen LogP) is 2.65. The minimum absolute atomic E-state index is 0.647. The van der Waals surface area contributed by atoms with E-state index in [4.69, 9.17) is 0 Å². The molecule has 1 fully saturated rings. The zero-order valence-corrected chi connectivity index (χ0v) is 10.4. The summed E-state index contributed by atoms with van der Waals surface area (Å²) in [4.78, 5) is 13.6. The molecule has 1 saturated carbocycles. The van der Waals surface area contributed by atoms with Crippen molar-refractivity contribution in [3.8, 4) is 0 Å². The van der Waals surface area contributed by atoms with Crippen LogP contribution in [0, 0.1) is 0 Å². The van der Waals surface area contributed by atoms with E-state index >= 15 is 0 Å². The number of benzene rings is 1. The number of hydrogen-bond donors (Lipinski definition) is 1. The maximum atomic E-state index is 11.6. The van der Waals surface area contributed by atoms with Crippen molar-refractivity contribution in [2.24, 2.45) is 0 Å². The van der Waals surface area contributed by atoms with Crippen molar-refractivity contribution in [3.63, 3.8) is 0 Å². The van der Waals surface area contributed by atoms with Gasteiger partial charge in [-0.1, -0.05) is 25.0 Å². The molecule has 3 heteroatoms. The van der Waals surface area contributed by atoms with Gasteiger partial charge in [0.25, 0.3) is 0 Å². The van der Waals surface area contributed by atoms with Gasteiger partial charge >= 0.3 is 5.97 Å². The lowest BCUT2D eigenvalue weighted by Crippen LogP contribution is -2.32. The van der Waals surface area contributed by atoms with E-state index < -0.39 is 11.4 Å². The Kier molecular flexibility index (Phi) is 3.09. The van der Waals surface area contributed by atoms with Gasteiger partial charge in [0, 0.05) is 19.8 Å². The second-order valence-corrected chi connectivity index (χ2v) is 5.04. The summed E-state index contributed by atoms with van der Waals surface area (Å²) in [5, 5.41) is 9.53. The average Bonchev–Trinajstić information content (AvgIpc) is 2.79. The molecule has 1 aromatic rings. The van der Waals surface area contributed by atoms with Crippen molar-refractivity contribution >= 4 is 11.7 Å². The van der Waals surface area contributed by atoms with Gasteiger partial charge in [0.05, 0.1) is 5.41 Å². The fraction of sp³-hybridized carbons (Fsp3) is 0.500. The van der Waals surface area contributed by atoms with Crippen LogP contribution in [0.5, 0.6) is 0 Å². The van der Waals surface area contributed by atoms with Crippen molar-refractivity contribution in [1.82, 2.24) is 0 Å². The number of carboxylic acid groups (broad SMARTS) is 1. The molecule has 1 aromatic carbocycles. The Balaban J connectivity index is 2.43. The van der Waals surface area contributed by atoms with E-state index in [0.717, 1.165) is 36.9 Å². The van der Waals surface area contributed by atoms with E-state index in [-0.39, 0.29) is 0 Å². The van der Waals surface area contributed by atoms with E-state index in [1.54, 1.807) is 0 Å². The highest BCUT2D eigenvalue weighted by molar-refractivity contribution is 5.82. The van der Waals surface area contributed by atoms with Gasteiger partial charge in [-0.05, 0) is 30.5 Å². The monoisotopic (exact) mass is 233 g/mol. The molecule has 0 aromatic heterocycles. The normalized spacial score (nSPS) is 18.0. The molecule has 0 aliphatic heterocycles. The number of carbonyl (C=O) groups is 1. The summed E-state index contributed by atoms with van der Waals surface area (Å²) in [6.07, 6.45) is 3.55. The molecule has 1 aliphatic rings. The number of carboxylic acids is 1. The van der Waals surface area contributed by atoms with Crippen molar-refractivity contribution in [2.45, 2.75) is 31.1 Å². The topological polar surface area (TPSA) is 40.5 Å². The van der Waals surface area contributed by atoms with Crippen LogP contribution in [0.3, 0.4) is 0 Å². The molecule has 0 heterocycles. The summed E-state index contributed by atoms with van der Waals surface area (Å²) in [5.41, 5.74) is 1.37. The predicted molar refractivity (Wildman–Crippen MR) is 68.6 cm³/mol. The molecular weight excluding hydrogens is 214 g/mol. The third kappa shape index (κ3) is 2.02. The number of anilines is 1. The van der Waals surface area contributed by atoms with E-state index in [0.29, 0.717) is 0 Å². The van der Waals surface area contributed by atoms with Gasteiger partial charge < -0.3 is 10.0 Å². The third-order valence-corrected chi connectivity index (χ3v) is 3.78.